The van der Waals surface area contributed by atoms with E-state index in [0.717, 1.165) is 11.8 Å². The number of rotatable bonds is 4. The second-order valence-electron chi connectivity index (χ2n) is 5.22. The number of thioether (sulfide) groups is 1. The van der Waals surface area contributed by atoms with Gasteiger partial charge in [-0.2, -0.15) is 0 Å². The molecule has 2 fully saturated rings. The molecule has 18 heavy (non-hydrogen) atoms. The molecule has 2 saturated carbocycles. The highest BCUT2D eigenvalue weighted by Gasteiger charge is 2.39. The molecule has 1 heterocycles. The summed E-state index contributed by atoms with van der Waals surface area (Å²) in [6.07, 6.45) is 5.11. The van der Waals surface area contributed by atoms with Crippen LogP contribution < -0.4 is 5.32 Å². The van der Waals surface area contributed by atoms with Crippen molar-refractivity contribution in [3.8, 4) is 0 Å². The Kier molecular flexibility index (Phi) is 3.28. The quantitative estimate of drug-likeness (QED) is 0.842. The van der Waals surface area contributed by atoms with Crippen LogP contribution in [0.2, 0.25) is 0 Å². The summed E-state index contributed by atoms with van der Waals surface area (Å²) in [5.41, 5.74) is 0. The zero-order valence-electron chi connectivity index (χ0n) is 10.4. The van der Waals surface area contributed by atoms with Gasteiger partial charge in [0.05, 0.1) is 5.75 Å². The molecule has 98 valence electrons. The fourth-order valence-electron chi connectivity index (χ4n) is 3.13. The smallest absolute Gasteiger partial charge is 0.277 e. The Balaban J connectivity index is 1.45. The molecule has 0 radical (unpaired) electrons. The lowest BCUT2D eigenvalue weighted by Crippen LogP contribution is -2.39. The second kappa shape index (κ2) is 4.91. The predicted octanol–water partition coefficient (Wildman–Crippen LogP) is 1.77. The number of fused-ring (bicyclic) bond motifs is 2. The summed E-state index contributed by atoms with van der Waals surface area (Å²) >= 11 is 1.30. The molecule has 1 aromatic rings. The van der Waals surface area contributed by atoms with E-state index in [1.165, 1.54) is 37.4 Å². The molecule has 0 aliphatic heterocycles. The summed E-state index contributed by atoms with van der Waals surface area (Å²) in [5.74, 6) is 2.54. The van der Waals surface area contributed by atoms with Crippen molar-refractivity contribution in [3.63, 3.8) is 0 Å². The first-order valence-electron chi connectivity index (χ1n) is 6.43. The molecule has 3 rings (SSSR count). The van der Waals surface area contributed by atoms with Gasteiger partial charge in [-0.05, 0) is 31.1 Å². The summed E-state index contributed by atoms with van der Waals surface area (Å²) in [6, 6.07) is 0.404. The number of carbonyl (C=O) groups is 1. The molecule has 0 aromatic carbocycles. The van der Waals surface area contributed by atoms with Crippen LogP contribution in [0.25, 0.3) is 0 Å². The van der Waals surface area contributed by atoms with Crippen LogP contribution in [-0.4, -0.2) is 27.9 Å². The van der Waals surface area contributed by atoms with Gasteiger partial charge < -0.3 is 9.73 Å². The van der Waals surface area contributed by atoms with Gasteiger partial charge in [0.1, 0.15) is 0 Å². The van der Waals surface area contributed by atoms with Gasteiger partial charge in [0, 0.05) is 13.0 Å². The SMILES string of the molecule is Cc1nnc(SCC(=O)N[C@H]2C[C@H]3CC[C@H]2C3)o1. The normalized spacial score (nSPS) is 29.7. The molecule has 0 spiro atoms. The van der Waals surface area contributed by atoms with E-state index >= 15 is 0 Å². The summed E-state index contributed by atoms with van der Waals surface area (Å²) in [4.78, 5) is 11.8. The number of carbonyl (C=O) groups excluding carboxylic acids is 1. The van der Waals surface area contributed by atoms with Gasteiger partial charge in [-0.1, -0.05) is 18.2 Å². The van der Waals surface area contributed by atoms with Gasteiger partial charge in [-0.15, -0.1) is 10.2 Å². The molecule has 0 unspecified atom stereocenters. The molecule has 2 aliphatic rings. The largest absolute Gasteiger partial charge is 0.416 e. The minimum atomic E-state index is 0.0772. The third-order valence-electron chi connectivity index (χ3n) is 3.92. The Hall–Kier alpha value is -1.04. The molecule has 3 atom stereocenters. The number of aryl methyl sites for hydroxylation is 1. The van der Waals surface area contributed by atoms with Gasteiger partial charge >= 0.3 is 0 Å². The van der Waals surface area contributed by atoms with Crippen LogP contribution in [0, 0.1) is 18.8 Å². The van der Waals surface area contributed by atoms with Crippen molar-refractivity contribution in [3.05, 3.63) is 5.89 Å². The second-order valence-corrected chi connectivity index (χ2v) is 6.15. The number of nitrogens with one attached hydrogen (secondary N) is 1. The lowest BCUT2D eigenvalue weighted by atomic mass is 9.95. The Labute approximate surface area is 110 Å². The minimum absolute atomic E-state index is 0.0772. The van der Waals surface area contributed by atoms with E-state index < -0.39 is 0 Å². The lowest BCUT2D eigenvalue weighted by Gasteiger charge is -2.22. The average Bonchev–Trinajstić information content (AvgIpc) is 3.03. The molecule has 6 heteroatoms. The average molecular weight is 267 g/mol. The van der Waals surface area contributed by atoms with Crippen LogP contribution in [0.15, 0.2) is 9.64 Å². The van der Waals surface area contributed by atoms with Gasteiger partial charge in [-0.3, -0.25) is 4.79 Å². The zero-order valence-corrected chi connectivity index (χ0v) is 11.2. The maximum atomic E-state index is 11.8. The highest BCUT2D eigenvalue weighted by Crippen LogP contribution is 2.44. The maximum Gasteiger partial charge on any atom is 0.277 e. The van der Waals surface area contributed by atoms with Crippen molar-refractivity contribution < 1.29 is 9.21 Å². The number of hydrogen-bond donors (Lipinski definition) is 1. The monoisotopic (exact) mass is 267 g/mol. The highest BCUT2D eigenvalue weighted by molar-refractivity contribution is 7.99. The number of amides is 1. The summed E-state index contributed by atoms with van der Waals surface area (Å²) in [7, 11) is 0. The highest BCUT2D eigenvalue weighted by atomic mass is 32.2. The molecular formula is C12H17N3O2S. The Morgan fingerprint density at radius 1 is 1.44 bits per heavy atom. The Bertz CT molecular complexity index is 448. The molecule has 1 amide bonds. The van der Waals surface area contributed by atoms with Crippen molar-refractivity contribution in [1.82, 2.24) is 15.5 Å². The van der Waals surface area contributed by atoms with E-state index in [1.54, 1.807) is 6.92 Å². The van der Waals surface area contributed by atoms with E-state index in [-0.39, 0.29) is 5.91 Å². The van der Waals surface area contributed by atoms with Crippen LogP contribution in [0.3, 0.4) is 0 Å². The van der Waals surface area contributed by atoms with Crippen LogP contribution in [0.5, 0.6) is 0 Å². The molecule has 2 bridgehead atoms. The standard InChI is InChI=1S/C12H17N3O2S/c1-7-14-15-12(17-7)18-6-11(16)13-10-5-8-2-3-9(10)4-8/h8-10H,2-6H2,1H3,(H,13,16)/t8-,9-,10-/m0/s1. The van der Waals surface area contributed by atoms with Crippen molar-refractivity contribution in [2.75, 3.05) is 5.75 Å². The van der Waals surface area contributed by atoms with Gasteiger partial charge in [0.2, 0.25) is 11.8 Å². The van der Waals surface area contributed by atoms with E-state index in [1.807, 2.05) is 0 Å². The number of aromatic nitrogens is 2. The predicted molar refractivity (Wildman–Crippen MR) is 67.1 cm³/mol. The Morgan fingerprint density at radius 2 is 2.33 bits per heavy atom. The molecule has 5 nitrogen and oxygen atoms in total. The van der Waals surface area contributed by atoms with Crippen LogP contribution >= 0.6 is 11.8 Å². The van der Waals surface area contributed by atoms with Gasteiger partial charge in [0.25, 0.3) is 5.22 Å². The molecule has 1 N–H and O–H groups in total. The molecule has 0 saturated heterocycles. The van der Waals surface area contributed by atoms with Crippen LogP contribution in [-0.2, 0) is 4.79 Å². The van der Waals surface area contributed by atoms with Crippen molar-refractivity contribution in [2.45, 2.75) is 43.9 Å². The summed E-state index contributed by atoms with van der Waals surface area (Å²) in [5, 5.41) is 11.2. The topological polar surface area (TPSA) is 68.0 Å². The van der Waals surface area contributed by atoms with E-state index in [4.69, 9.17) is 4.42 Å². The summed E-state index contributed by atoms with van der Waals surface area (Å²) in [6.45, 7) is 1.74. The first kappa shape index (κ1) is 12.0. The van der Waals surface area contributed by atoms with Crippen molar-refractivity contribution in [1.29, 1.82) is 0 Å². The third kappa shape index (κ3) is 2.53. The zero-order chi connectivity index (χ0) is 12.5. The molecule has 2 aliphatic carbocycles. The summed E-state index contributed by atoms with van der Waals surface area (Å²) < 4.78 is 5.21. The number of nitrogens with zero attached hydrogens (tertiary/aromatic N) is 2. The lowest BCUT2D eigenvalue weighted by molar-refractivity contribution is -0.119. The fraction of sp³-hybridized carbons (Fsp3) is 0.750. The minimum Gasteiger partial charge on any atom is -0.416 e. The molecular weight excluding hydrogens is 250 g/mol. The van der Waals surface area contributed by atoms with Gasteiger partial charge in [-0.25, -0.2) is 0 Å². The first-order chi connectivity index (χ1) is 8.70. The third-order valence-corrected chi connectivity index (χ3v) is 4.74. The van der Waals surface area contributed by atoms with Crippen molar-refractivity contribution in [2.24, 2.45) is 11.8 Å². The van der Waals surface area contributed by atoms with E-state index in [2.05, 4.69) is 15.5 Å². The van der Waals surface area contributed by atoms with E-state index in [0.29, 0.717) is 22.9 Å². The molecule has 1 aromatic heterocycles. The maximum absolute atomic E-state index is 11.8. The Morgan fingerprint density at radius 3 is 2.94 bits per heavy atom. The van der Waals surface area contributed by atoms with Crippen LogP contribution in [0.4, 0.5) is 0 Å². The van der Waals surface area contributed by atoms with Crippen molar-refractivity contribution >= 4 is 17.7 Å². The fourth-order valence-corrected chi connectivity index (χ4v) is 3.75. The van der Waals surface area contributed by atoms with Gasteiger partial charge in [0.15, 0.2) is 0 Å². The first-order valence-corrected chi connectivity index (χ1v) is 7.41. The van der Waals surface area contributed by atoms with E-state index in [9.17, 15) is 4.79 Å². The number of hydrogen-bond acceptors (Lipinski definition) is 5. The van der Waals surface area contributed by atoms with Crippen LogP contribution in [0.1, 0.15) is 31.6 Å².